The minimum atomic E-state index is -2.57. The molecular formula is C25H31ClF2N6. The van der Waals surface area contributed by atoms with Crippen molar-refractivity contribution in [1.29, 1.82) is 0 Å². The van der Waals surface area contributed by atoms with Gasteiger partial charge >= 0.3 is 0 Å². The van der Waals surface area contributed by atoms with Gasteiger partial charge in [0.25, 0.3) is 5.92 Å². The molecule has 1 aliphatic carbocycles. The number of anilines is 1. The molecule has 1 spiro atoms. The third kappa shape index (κ3) is 3.75. The molecule has 4 heterocycles. The predicted octanol–water partition coefficient (Wildman–Crippen LogP) is 4.04. The molecule has 9 heteroatoms. The fraction of sp³-hybridized carbons (Fsp3) is 0.560. The lowest BCUT2D eigenvalue weighted by atomic mass is 9.73. The third-order valence-electron chi connectivity index (χ3n) is 8.15. The molecule has 0 amide bonds. The van der Waals surface area contributed by atoms with Gasteiger partial charge in [0, 0.05) is 45.1 Å². The van der Waals surface area contributed by atoms with Crippen LogP contribution in [0.3, 0.4) is 0 Å². The smallest absolute Gasteiger partial charge is 0.251 e. The van der Waals surface area contributed by atoms with E-state index >= 15 is 0 Å². The SMILES string of the molecule is Cc1nc2c(nc1N1CCC3(CC1)Cc1ccccc1[C@H]3N)CN=C2N1CCC(F)(F)CC1.Cl. The zero-order chi connectivity index (χ0) is 22.8. The van der Waals surface area contributed by atoms with Crippen LogP contribution in [0.5, 0.6) is 0 Å². The maximum Gasteiger partial charge on any atom is 0.251 e. The average molecular weight is 489 g/mol. The number of benzene rings is 1. The highest BCUT2D eigenvalue weighted by Crippen LogP contribution is 2.51. The van der Waals surface area contributed by atoms with Crippen LogP contribution in [0.15, 0.2) is 29.3 Å². The molecular weight excluding hydrogens is 458 g/mol. The van der Waals surface area contributed by atoms with Gasteiger partial charge in [-0.25, -0.2) is 18.7 Å². The Morgan fingerprint density at radius 3 is 2.35 bits per heavy atom. The molecule has 2 N–H and O–H groups in total. The van der Waals surface area contributed by atoms with Gasteiger partial charge in [-0.1, -0.05) is 24.3 Å². The van der Waals surface area contributed by atoms with Crippen molar-refractivity contribution in [3.05, 3.63) is 52.5 Å². The molecule has 1 atom stereocenters. The first-order valence-electron chi connectivity index (χ1n) is 12.0. The molecule has 34 heavy (non-hydrogen) atoms. The Kier molecular flexibility index (Phi) is 5.80. The molecule has 0 unspecified atom stereocenters. The van der Waals surface area contributed by atoms with E-state index in [1.807, 2.05) is 11.8 Å². The minimum absolute atomic E-state index is 0. The van der Waals surface area contributed by atoms with E-state index in [0.29, 0.717) is 19.6 Å². The zero-order valence-electron chi connectivity index (χ0n) is 19.4. The molecule has 182 valence electrons. The van der Waals surface area contributed by atoms with E-state index in [2.05, 4.69) is 34.2 Å². The van der Waals surface area contributed by atoms with Crippen molar-refractivity contribution >= 4 is 24.1 Å². The summed E-state index contributed by atoms with van der Waals surface area (Å²) in [6, 6.07) is 8.68. The summed E-state index contributed by atoms with van der Waals surface area (Å²) in [6.45, 7) is 4.89. The van der Waals surface area contributed by atoms with Crippen molar-refractivity contribution in [2.24, 2.45) is 16.1 Å². The first kappa shape index (κ1) is 23.4. The first-order chi connectivity index (χ1) is 15.9. The van der Waals surface area contributed by atoms with Gasteiger partial charge in [0.2, 0.25) is 0 Å². The molecule has 0 bridgehead atoms. The number of piperidine rings is 2. The topological polar surface area (TPSA) is 70.6 Å². The monoisotopic (exact) mass is 488 g/mol. The van der Waals surface area contributed by atoms with E-state index in [-0.39, 0.29) is 36.7 Å². The molecule has 0 radical (unpaired) electrons. The van der Waals surface area contributed by atoms with Crippen molar-refractivity contribution in [2.45, 2.75) is 57.5 Å². The van der Waals surface area contributed by atoms with Crippen LogP contribution in [-0.4, -0.2) is 52.8 Å². The summed E-state index contributed by atoms with van der Waals surface area (Å²) in [4.78, 5) is 18.7. The van der Waals surface area contributed by atoms with Crippen LogP contribution in [0.1, 0.15) is 59.9 Å². The second-order valence-electron chi connectivity index (χ2n) is 10.1. The number of fused-ring (bicyclic) bond motifs is 2. The minimum Gasteiger partial charge on any atom is -0.355 e. The van der Waals surface area contributed by atoms with Crippen LogP contribution >= 0.6 is 12.4 Å². The highest BCUT2D eigenvalue weighted by molar-refractivity contribution is 6.00. The van der Waals surface area contributed by atoms with Crippen molar-refractivity contribution in [3.8, 4) is 0 Å². The predicted molar refractivity (Wildman–Crippen MR) is 131 cm³/mol. The Morgan fingerprint density at radius 2 is 1.65 bits per heavy atom. The summed E-state index contributed by atoms with van der Waals surface area (Å²) in [5.41, 5.74) is 12.1. The van der Waals surface area contributed by atoms with Gasteiger partial charge < -0.3 is 15.5 Å². The number of halogens is 3. The number of alkyl halides is 2. The van der Waals surface area contributed by atoms with E-state index < -0.39 is 5.92 Å². The maximum absolute atomic E-state index is 13.6. The van der Waals surface area contributed by atoms with Crippen molar-refractivity contribution in [3.63, 3.8) is 0 Å². The number of aryl methyl sites for hydroxylation is 1. The van der Waals surface area contributed by atoms with Crippen LogP contribution < -0.4 is 10.6 Å². The number of rotatable bonds is 1. The first-order valence-corrected chi connectivity index (χ1v) is 12.0. The lowest BCUT2D eigenvalue weighted by Crippen LogP contribution is -2.45. The number of aromatic nitrogens is 2. The van der Waals surface area contributed by atoms with E-state index in [4.69, 9.17) is 15.7 Å². The summed E-state index contributed by atoms with van der Waals surface area (Å²) in [6.07, 6.45) is 2.86. The second kappa shape index (κ2) is 8.41. The highest BCUT2D eigenvalue weighted by Gasteiger charge is 2.46. The van der Waals surface area contributed by atoms with Crippen LogP contribution in [0.4, 0.5) is 14.6 Å². The number of nitrogens with zero attached hydrogens (tertiary/aromatic N) is 5. The van der Waals surface area contributed by atoms with Gasteiger partial charge in [-0.05, 0) is 42.7 Å². The van der Waals surface area contributed by atoms with Gasteiger partial charge in [-0.15, -0.1) is 12.4 Å². The lowest BCUT2D eigenvalue weighted by Gasteiger charge is -2.43. The number of hydrogen-bond donors (Lipinski definition) is 1. The summed E-state index contributed by atoms with van der Waals surface area (Å²) < 4.78 is 27.2. The van der Waals surface area contributed by atoms with Gasteiger partial charge in [0.05, 0.1) is 17.9 Å². The molecule has 6 rings (SSSR count). The molecule has 3 aliphatic heterocycles. The fourth-order valence-electron chi connectivity index (χ4n) is 6.12. The Morgan fingerprint density at radius 1 is 0.971 bits per heavy atom. The van der Waals surface area contributed by atoms with Gasteiger partial charge in [0.1, 0.15) is 11.5 Å². The van der Waals surface area contributed by atoms with E-state index in [9.17, 15) is 8.78 Å². The Hall–Kier alpha value is -2.32. The summed E-state index contributed by atoms with van der Waals surface area (Å²) >= 11 is 0. The average Bonchev–Trinajstić information content (AvgIpc) is 3.33. The molecule has 1 aromatic carbocycles. The number of amidine groups is 1. The van der Waals surface area contributed by atoms with Crippen LogP contribution in [0.25, 0.3) is 0 Å². The molecule has 4 aliphatic rings. The molecule has 0 saturated carbocycles. The normalized spacial score (nSPS) is 24.5. The zero-order valence-corrected chi connectivity index (χ0v) is 20.3. The Labute approximate surface area is 205 Å². The Balaban J connectivity index is 0.00000241. The van der Waals surface area contributed by atoms with E-state index in [0.717, 1.165) is 61.1 Å². The molecule has 2 fully saturated rings. The van der Waals surface area contributed by atoms with Crippen LogP contribution in [0, 0.1) is 12.3 Å². The lowest BCUT2D eigenvalue weighted by molar-refractivity contribution is -0.0433. The second-order valence-corrected chi connectivity index (χ2v) is 10.1. The summed E-state index contributed by atoms with van der Waals surface area (Å²) in [5.74, 6) is -0.914. The number of nitrogens with two attached hydrogens (primary N) is 1. The molecule has 2 aromatic rings. The van der Waals surface area contributed by atoms with Gasteiger partial charge in [-0.3, -0.25) is 4.99 Å². The van der Waals surface area contributed by atoms with E-state index in [1.165, 1.54) is 11.1 Å². The molecule has 1 aromatic heterocycles. The molecule has 2 saturated heterocycles. The van der Waals surface area contributed by atoms with Gasteiger partial charge in [0.15, 0.2) is 5.84 Å². The summed E-state index contributed by atoms with van der Waals surface area (Å²) in [5, 5.41) is 0. The number of likely N-dealkylation sites (tertiary alicyclic amines) is 1. The highest BCUT2D eigenvalue weighted by atomic mass is 35.5. The maximum atomic E-state index is 13.6. The quantitative estimate of drug-likeness (QED) is 0.656. The van der Waals surface area contributed by atoms with Crippen molar-refractivity contribution in [1.82, 2.24) is 14.9 Å². The van der Waals surface area contributed by atoms with E-state index in [1.54, 1.807) is 0 Å². The largest absolute Gasteiger partial charge is 0.355 e. The van der Waals surface area contributed by atoms with Crippen LogP contribution in [0.2, 0.25) is 0 Å². The Bertz CT molecular complexity index is 1120. The van der Waals surface area contributed by atoms with Crippen molar-refractivity contribution < 1.29 is 8.78 Å². The van der Waals surface area contributed by atoms with Crippen molar-refractivity contribution in [2.75, 3.05) is 31.1 Å². The fourth-order valence-corrected chi connectivity index (χ4v) is 6.12. The third-order valence-corrected chi connectivity index (χ3v) is 8.15. The van der Waals surface area contributed by atoms with Crippen LogP contribution in [-0.2, 0) is 13.0 Å². The molecule has 6 nitrogen and oxygen atoms in total. The van der Waals surface area contributed by atoms with Gasteiger partial charge in [-0.2, -0.15) is 0 Å². The standard InChI is InChI=1S/C25H30F2N6.ClH/c1-16-22(31-19-15-29-23(20(19)30-16)33-12-8-25(26,27)9-13-33)32-10-6-24(7-11-32)14-17-4-2-3-5-18(17)21(24)28;/h2-5,21H,6-15,28H2,1H3;1H/t21-;/m1./s1. The summed E-state index contributed by atoms with van der Waals surface area (Å²) in [7, 11) is 0. The number of hydrogen-bond acceptors (Lipinski definition) is 6. The number of aliphatic imine (C=N–C) groups is 1.